The van der Waals surface area contributed by atoms with Crippen molar-refractivity contribution in [1.29, 1.82) is 0 Å². The maximum absolute atomic E-state index is 12.2. The molecule has 2 rings (SSSR count). The van der Waals surface area contributed by atoms with Gasteiger partial charge in [-0.15, -0.1) is 0 Å². The van der Waals surface area contributed by atoms with Gasteiger partial charge in [-0.2, -0.15) is 0 Å². The summed E-state index contributed by atoms with van der Waals surface area (Å²) >= 11 is 0. The number of aliphatic hydroxyl groups excluding tert-OH is 1. The smallest absolute Gasteiger partial charge is 0.414 e. The maximum Gasteiger partial charge on any atom is 0.414 e. The van der Waals surface area contributed by atoms with Gasteiger partial charge in [0.2, 0.25) is 0 Å². The number of anilines is 1. The van der Waals surface area contributed by atoms with Crippen LogP contribution in [0.25, 0.3) is 0 Å². The standard InChI is InChI=1S/C15H21NO3/c1-15(2,3)19-14(18)16-10-11(8-9-17)12-6-4-5-7-13(12)16/h4-7,11,17H,8-10H2,1-3H3. The van der Waals surface area contributed by atoms with Crippen molar-refractivity contribution in [2.75, 3.05) is 18.1 Å². The minimum Gasteiger partial charge on any atom is -0.443 e. The number of amides is 1. The van der Waals surface area contributed by atoms with Gasteiger partial charge < -0.3 is 9.84 Å². The van der Waals surface area contributed by atoms with Gasteiger partial charge in [0.15, 0.2) is 0 Å². The summed E-state index contributed by atoms with van der Waals surface area (Å²) in [6, 6.07) is 7.82. The first kappa shape index (κ1) is 13.9. The monoisotopic (exact) mass is 263 g/mol. The Hall–Kier alpha value is -1.55. The molecule has 1 aromatic rings. The highest BCUT2D eigenvalue weighted by molar-refractivity contribution is 5.91. The molecule has 0 aromatic heterocycles. The molecule has 1 heterocycles. The van der Waals surface area contributed by atoms with Crippen LogP contribution in [0.5, 0.6) is 0 Å². The molecule has 19 heavy (non-hydrogen) atoms. The van der Waals surface area contributed by atoms with E-state index in [1.165, 1.54) is 0 Å². The van der Waals surface area contributed by atoms with E-state index in [2.05, 4.69) is 0 Å². The largest absolute Gasteiger partial charge is 0.443 e. The molecule has 1 unspecified atom stereocenters. The number of rotatable bonds is 2. The summed E-state index contributed by atoms with van der Waals surface area (Å²) in [5.41, 5.74) is 1.51. The molecule has 1 amide bonds. The van der Waals surface area contributed by atoms with E-state index < -0.39 is 5.60 Å². The van der Waals surface area contributed by atoms with Crippen LogP contribution >= 0.6 is 0 Å². The SMILES string of the molecule is CC(C)(C)OC(=O)N1CC(CCO)c2ccccc21. The lowest BCUT2D eigenvalue weighted by Crippen LogP contribution is -2.36. The number of hydrogen-bond donors (Lipinski definition) is 1. The fourth-order valence-electron chi connectivity index (χ4n) is 2.39. The summed E-state index contributed by atoms with van der Waals surface area (Å²) in [4.78, 5) is 13.9. The topological polar surface area (TPSA) is 49.8 Å². The summed E-state index contributed by atoms with van der Waals surface area (Å²) in [5, 5.41) is 9.13. The van der Waals surface area contributed by atoms with Gasteiger partial charge in [0.1, 0.15) is 5.60 Å². The van der Waals surface area contributed by atoms with Gasteiger partial charge in [0.25, 0.3) is 0 Å². The van der Waals surface area contributed by atoms with E-state index in [1.54, 1.807) is 4.90 Å². The average Bonchev–Trinajstić information content (AvgIpc) is 2.67. The Kier molecular flexibility index (Phi) is 3.80. The molecule has 0 aliphatic carbocycles. The van der Waals surface area contributed by atoms with Crippen LogP contribution in [0.15, 0.2) is 24.3 Å². The number of hydrogen-bond acceptors (Lipinski definition) is 3. The minimum absolute atomic E-state index is 0.126. The molecule has 0 bridgehead atoms. The molecule has 0 saturated carbocycles. The maximum atomic E-state index is 12.2. The van der Waals surface area contributed by atoms with E-state index in [1.807, 2.05) is 45.0 Å². The molecule has 0 saturated heterocycles. The molecule has 1 aliphatic heterocycles. The Balaban J connectivity index is 2.22. The third kappa shape index (κ3) is 3.07. The second kappa shape index (κ2) is 5.21. The molecule has 104 valence electrons. The van der Waals surface area contributed by atoms with Crippen molar-refractivity contribution in [3.8, 4) is 0 Å². The van der Waals surface area contributed by atoms with Crippen LogP contribution in [-0.4, -0.2) is 30.0 Å². The second-order valence-corrected chi connectivity index (χ2v) is 5.86. The summed E-state index contributed by atoms with van der Waals surface area (Å²) in [6.07, 6.45) is 0.344. The van der Waals surface area contributed by atoms with E-state index in [4.69, 9.17) is 9.84 Å². The minimum atomic E-state index is -0.499. The molecular weight excluding hydrogens is 242 g/mol. The Bertz CT molecular complexity index is 465. The van der Waals surface area contributed by atoms with E-state index in [0.29, 0.717) is 13.0 Å². The lowest BCUT2D eigenvalue weighted by atomic mass is 9.99. The molecule has 4 heteroatoms. The lowest BCUT2D eigenvalue weighted by molar-refractivity contribution is 0.0581. The Labute approximate surface area is 114 Å². The normalized spacial score (nSPS) is 18.3. The molecule has 0 spiro atoms. The number of carbonyl (C=O) groups is 1. The van der Waals surface area contributed by atoms with Crippen LogP contribution < -0.4 is 4.90 Å². The highest BCUT2D eigenvalue weighted by atomic mass is 16.6. The van der Waals surface area contributed by atoms with Gasteiger partial charge in [0, 0.05) is 19.1 Å². The van der Waals surface area contributed by atoms with Crippen LogP contribution in [-0.2, 0) is 4.74 Å². The molecule has 1 aromatic carbocycles. The first-order valence-electron chi connectivity index (χ1n) is 6.62. The predicted octanol–water partition coefficient (Wildman–Crippen LogP) is 2.91. The third-order valence-electron chi connectivity index (χ3n) is 3.16. The number of nitrogens with zero attached hydrogens (tertiary/aromatic N) is 1. The lowest BCUT2D eigenvalue weighted by Gasteiger charge is -2.25. The van der Waals surface area contributed by atoms with Crippen molar-refractivity contribution in [1.82, 2.24) is 0 Å². The van der Waals surface area contributed by atoms with Gasteiger partial charge in [0.05, 0.1) is 5.69 Å². The average molecular weight is 263 g/mol. The number of ether oxygens (including phenoxy) is 1. The number of para-hydroxylation sites is 1. The van der Waals surface area contributed by atoms with Crippen LogP contribution in [0.2, 0.25) is 0 Å². The van der Waals surface area contributed by atoms with Gasteiger partial charge >= 0.3 is 6.09 Å². The van der Waals surface area contributed by atoms with E-state index in [-0.39, 0.29) is 18.6 Å². The molecule has 1 atom stereocenters. The molecule has 0 radical (unpaired) electrons. The Morgan fingerprint density at radius 3 is 2.74 bits per heavy atom. The first-order valence-corrected chi connectivity index (χ1v) is 6.62. The fourth-order valence-corrected chi connectivity index (χ4v) is 2.39. The van der Waals surface area contributed by atoms with E-state index in [0.717, 1.165) is 11.3 Å². The highest BCUT2D eigenvalue weighted by Gasteiger charge is 2.34. The summed E-state index contributed by atoms with van der Waals surface area (Å²) in [6.45, 7) is 6.28. The Morgan fingerprint density at radius 2 is 2.11 bits per heavy atom. The van der Waals surface area contributed by atoms with Gasteiger partial charge in [-0.25, -0.2) is 4.79 Å². The summed E-state index contributed by atoms with van der Waals surface area (Å²) in [5.74, 6) is 0.189. The molecule has 0 fully saturated rings. The van der Waals surface area contributed by atoms with Crippen molar-refractivity contribution in [2.24, 2.45) is 0 Å². The highest BCUT2D eigenvalue weighted by Crippen LogP contribution is 2.38. The van der Waals surface area contributed by atoms with Crippen molar-refractivity contribution in [3.63, 3.8) is 0 Å². The van der Waals surface area contributed by atoms with Gasteiger partial charge in [-0.1, -0.05) is 18.2 Å². The molecule has 1 N–H and O–H groups in total. The first-order chi connectivity index (χ1) is 8.92. The van der Waals surface area contributed by atoms with Crippen LogP contribution in [0.4, 0.5) is 10.5 Å². The van der Waals surface area contributed by atoms with Crippen LogP contribution in [0.1, 0.15) is 38.7 Å². The number of fused-ring (bicyclic) bond motifs is 1. The van der Waals surface area contributed by atoms with Crippen molar-refractivity contribution in [2.45, 2.75) is 38.7 Å². The van der Waals surface area contributed by atoms with Crippen LogP contribution in [0.3, 0.4) is 0 Å². The predicted molar refractivity (Wildman–Crippen MR) is 74.5 cm³/mol. The van der Waals surface area contributed by atoms with Crippen LogP contribution in [0, 0.1) is 0 Å². The molecule has 1 aliphatic rings. The zero-order chi connectivity index (χ0) is 14.0. The van der Waals surface area contributed by atoms with Gasteiger partial charge in [-0.3, -0.25) is 4.90 Å². The van der Waals surface area contributed by atoms with Crippen molar-refractivity contribution >= 4 is 11.8 Å². The summed E-state index contributed by atoms with van der Waals surface area (Å²) < 4.78 is 5.43. The van der Waals surface area contributed by atoms with E-state index in [9.17, 15) is 4.79 Å². The zero-order valence-electron chi connectivity index (χ0n) is 11.7. The van der Waals surface area contributed by atoms with Crippen molar-refractivity contribution in [3.05, 3.63) is 29.8 Å². The van der Waals surface area contributed by atoms with E-state index >= 15 is 0 Å². The van der Waals surface area contributed by atoms with Crippen molar-refractivity contribution < 1.29 is 14.6 Å². The molecular formula is C15H21NO3. The third-order valence-corrected chi connectivity index (χ3v) is 3.16. The number of carbonyl (C=O) groups excluding carboxylic acids is 1. The fraction of sp³-hybridized carbons (Fsp3) is 0.533. The Morgan fingerprint density at radius 1 is 1.42 bits per heavy atom. The number of aliphatic hydroxyl groups is 1. The number of benzene rings is 1. The second-order valence-electron chi connectivity index (χ2n) is 5.86. The molecule has 4 nitrogen and oxygen atoms in total. The zero-order valence-corrected chi connectivity index (χ0v) is 11.7. The van der Waals surface area contributed by atoms with Gasteiger partial charge in [-0.05, 0) is 38.8 Å². The quantitative estimate of drug-likeness (QED) is 0.892. The summed E-state index contributed by atoms with van der Waals surface area (Å²) in [7, 11) is 0.